The molecule has 0 aliphatic carbocycles. The summed E-state index contributed by atoms with van der Waals surface area (Å²) in [7, 11) is 0. The highest BCUT2D eigenvalue weighted by Crippen LogP contribution is 2.38. The monoisotopic (exact) mass is 301 g/mol. The molecule has 21 heavy (non-hydrogen) atoms. The minimum atomic E-state index is -0.812. The van der Waals surface area contributed by atoms with Crippen molar-refractivity contribution in [1.82, 2.24) is 0 Å². The van der Waals surface area contributed by atoms with Crippen molar-refractivity contribution in [1.29, 1.82) is 0 Å². The summed E-state index contributed by atoms with van der Waals surface area (Å²) >= 11 is 0. The average molecular weight is 301 g/mol. The standard InChI is InChI=1S/C15H27NO5/c1-6-15(5,13(19)21-9-8-11(16)17)10-14(3,4)12(18)20-7-2/h6-10H2,1-5H3,(H2,16,17). The topological polar surface area (TPSA) is 95.7 Å². The van der Waals surface area contributed by atoms with E-state index in [4.69, 9.17) is 15.2 Å². The van der Waals surface area contributed by atoms with Gasteiger partial charge < -0.3 is 15.2 Å². The normalized spacial score (nSPS) is 14.1. The third-order valence-corrected chi connectivity index (χ3v) is 3.51. The molecule has 0 aromatic carbocycles. The minimum absolute atomic E-state index is 0.00714. The molecular weight excluding hydrogens is 274 g/mol. The number of carbonyl (C=O) groups is 3. The van der Waals surface area contributed by atoms with Crippen molar-refractivity contribution >= 4 is 17.8 Å². The molecule has 0 saturated heterocycles. The average Bonchev–Trinajstić information content (AvgIpc) is 2.37. The summed E-state index contributed by atoms with van der Waals surface area (Å²) in [4.78, 5) is 34.8. The lowest BCUT2D eigenvalue weighted by Gasteiger charge is -2.33. The molecule has 6 heteroatoms. The van der Waals surface area contributed by atoms with Gasteiger partial charge in [0.25, 0.3) is 0 Å². The number of esters is 2. The molecule has 0 heterocycles. The number of carbonyl (C=O) groups excluding carboxylic acids is 3. The number of hydrogen-bond acceptors (Lipinski definition) is 5. The second-order valence-corrected chi connectivity index (χ2v) is 6.05. The van der Waals surface area contributed by atoms with Gasteiger partial charge >= 0.3 is 11.9 Å². The first-order valence-corrected chi connectivity index (χ1v) is 7.22. The van der Waals surface area contributed by atoms with E-state index in [1.807, 2.05) is 6.92 Å². The van der Waals surface area contributed by atoms with Gasteiger partial charge in [0, 0.05) is 0 Å². The third kappa shape index (κ3) is 6.14. The van der Waals surface area contributed by atoms with E-state index in [1.165, 1.54) is 0 Å². The van der Waals surface area contributed by atoms with Crippen LogP contribution in [0.15, 0.2) is 0 Å². The summed E-state index contributed by atoms with van der Waals surface area (Å²) in [6, 6.07) is 0. The quantitative estimate of drug-likeness (QED) is 0.655. The largest absolute Gasteiger partial charge is 0.466 e. The number of nitrogens with two attached hydrogens (primary N) is 1. The van der Waals surface area contributed by atoms with Crippen LogP contribution in [-0.2, 0) is 23.9 Å². The van der Waals surface area contributed by atoms with E-state index in [-0.39, 0.29) is 19.0 Å². The zero-order valence-corrected chi connectivity index (χ0v) is 13.7. The summed E-state index contributed by atoms with van der Waals surface area (Å²) in [6.07, 6.45) is 0.822. The fraction of sp³-hybridized carbons (Fsp3) is 0.800. The summed E-state index contributed by atoms with van der Waals surface area (Å²) in [5.74, 6) is -1.29. The van der Waals surface area contributed by atoms with Gasteiger partial charge in [-0.3, -0.25) is 14.4 Å². The Morgan fingerprint density at radius 1 is 1.00 bits per heavy atom. The number of hydrogen-bond donors (Lipinski definition) is 1. The number of rotatable bonds is 9. The molecule has 0 aliphatic rings. The van der Waals surface area contributed by atoms with E-state index >= 15 is 0 Å². The molecule has 0 aromatic heterocycles. The summed E-state index contributed by atoms with van der Waals surface area (Å²) in [6.45, 7) is 9.10. The maximum Gasteiger partial charge on any atom is 0.311 e. The number of amides is 1. The van der Waals surface area contributed by atoms with Crippen molar-refractivity contribution in [3.8, 4) is 0 Å². The van der Waals surface area contributed by atoms with E-state index in [1.54, 1.807) is 27.7 Å². The molecule has 6 nitrogen and oxygen atoms in total. The predicted octanol–water partition coefficient (Wildman–Crippen LogP) is 1.80. The van der Waals surface area contributed by atoms with Crippen molar-refractivity contribution in [2.24, 2.45) is 16.6 Å². The van der Waals surface area contributed by atoms with Gasteiger partial charge in [-0.25, -0.2) is 0 Å². The lowest BCUT2D eigenvalue weighted by atomic mass is 9.72. The van der Waals surface area contributed by atoms with Crippen LogP contribution >= 0.6 is 0 Å². The molecule has 122 valence electrons. The Morgan fingerprint density at radius 3 is 2.00 bits per heavy atom. The fourth-order valence-corrected chi connectivity index (χ4v) is 2.13. The molecule has 1 amide bonds. The van der Waals surface area contributed by atoms with Crippen LogP contribution in [0.1, 0.15) is 53.9 Å². The summed E-state index contributed by atoms with van der Waals surface area (Å²) in [5, 5.41) is 0. The fourth-order valence-electron chi connectivity index (χ4n) is 2.13. The highest BCUT2D eigenvalue weighted by atomic mass is 16.5. The van der Waals surface area contributed by atoms with Crippen LogP contribution in [0.4, 0.5) is 0 Å². The van der Waals surface area contributed by atoms with Gasteiger partial charge in [-0.2, -0.15) is 0 Å². The Morgan fingerprint density at radius 2 is 1.57 bits per heavy atom. The van der Waals surface area contributed by atoms with Gasteiger partial charge in [-0.1, -0.05) is 6.92 Å². The van der Waals surface area contributed by atoms with Crippen LogP contribution in [0.3, 0.4) is 0 Å². The Balaban J connectivity index is 4.81. The molecule has 0 aliphatic heterocycles. The van der Waals surface area contributed by atoms with Gasteiger partial charge in [-0.05, 0) is 40.5 Å². The highest BCUT2D eigenvalue weighted by molar-refractivity contribution is 5.80. The van der Waals surface area contributed by atoms with Gasteiger partial charge in [-0.15, -0.1) is 0 Å². The highest BCUT2D eigenvalue weighted by Gasteiger charge is 2.42. The van der Waals surface area contributed by atoms with Crippen LogP contribution in [0.25, 0.3) is 0 Å². The van der Waals surface area contributed by atoms with E-state index in [2.05, 4.69) is 0 Å². The maximum atomic E-state index is 12.2. The molecule has 0 spiro atoms. The molecule has 0 aromatic rings. The Labute approximate surface area is 126 Å². The van der Waals surface area contributed by atoms with Crippen molar-refractivity contribution in [2.75, 3.05) is 13.2 Å². The van der Waals surface area contributed by atoms with E-state index in [9.17, 15) is 14.4 Å². The van der Waals surface area contributed by atoms with Crippen molar-refractivity contribution in [2.45, 2.75) is 53.9 Å². The molecule has 0 fully saturated rings. The molecular formula is C15H27NO5. The Kier molecular flexibility index (Phi) is 7.39. The van der Waals surface area contributed by atoms with Gasteiger partial charge in [0.2, 0.25) is 5.91 Å². The lowest BCUT2D eigenvalue weighted by Crippen LogP contribution is -2.39. The second kappa shape index (κ2) is 8.00. The number of ether oxygens (including phenoxy) is 2. The first-order chi connectivity index (χ1) is 9.59. The second-order valence-electron chi connectivity index (χ2n) is 6.05. The first-order valence-electron chi connectivity index (χ1n) is 7.22. The van der Waals surface area contributed by atoms with Gasteiger partial charge in [0.1, 0.15) is 6.61 Å². The zero-order valence-electron chi connectivity index (χ0n) is 13.7. The Hall–Kier alpha value is -1.59. The number of primary amides is 1. The molecule has 0 radical (unpaired) electrons. The van der Waals surface area contributed by atoms with Gasteiger partial charge in [0.05, 0.1) is 23.9 Å². The molecule has 0 rings (SSSR count). The van der Waals surface area contributed by atoms with Crippen LogP contribution < -0.4 is 5.73 Å². The first kappa shape index (κ1) is 19.4. The smallest absolute Gasteiger partial charge is 0.311 e. The zero-order chi connectivity index (χ0) is 16.7. The summed E-state index contributed by atoms with van der Waals surface area (Å²) < 4.78 is 10.1. The van der Waals surface area contributed by atoms with Crippen molar-refractivity contribution < 1.29 is 23.9 Å². The third-order valence-electron chi connectivity index (χ3n) is 3.51. The van der Waals surface area contributed by atoms with E-state index < -0.39 is 22.7 Å². The Bertz CT molecular complexity index is 392. The van der Waals surface area contributed by atoms with Crippen molar-refractivity contribution in [3.63, 3.8) is 0 Å². The van der Waals surface area contributed by atoms with Crippen LogP contribution in [0.5, 0.6) is 0 Å². The SMILES string of the molecule is CCOC(=O)C(C)(C)CC(C)(CC)C(=O)OCCC(N)=O. The molecule has 0 saturated carbocycles. The van der Waals surface area contributed by atoms with Gasteiger partial charge in [0.15, 0.2) is 0 Å². The molecule has 1 atom stereocenters. The lowest BCUT2D eigenvalue weighted by molar-refractivity contribution is -0.163. The van der Waals surface area contributed by atoms with E-state index in [0.29, 0.717) is 19.4 Å². The molecule has 1 unspecified atom stereocenters. The predicted molar refractivity (Wildman–Crippen MR) is 78.2 cm³/mol. The van der Waals surface area contributed by atoms with Crippen LogP contribution in [0.2, 0.25) is 0 Å². The summed E-state index contributed by atoms with van der Waals surface area (Å²) in [5.41, 5.74) is 3.40. The molecule has 2 N–H and O–H groups in total. The van der Waals surface area contributed by atoms with Crippen LogP contribution in [-0.4, -0.2) is 31.1 Å². The molecule has 0 bridgehead atoms. The minimum Gasteiger partial charge on any atom is -0.466 e. The van der Waals surface area contributed by atoms with Crippen molar-refractivity contribution in [3.05, 3.63) is 0 Å². The maximum absolute atomic E-state index is 12.2. The van der Waals surface area contributed by atoms with E-state index in [0.717, 1.165) is 0 Å². The van der Waals surface area contributed by atoms with Crippen LogP contribution in [0, 0.1) is 10.8 Å².